The molecule has 8 heteroatoms. The standard InChI is InChI=1S/C32H34N2O6/c1-7-39-25-13-10-22(18-24(25)32(4,5)6)28(35)26-27(20-14-16-33-17-15-20)34(30(37)29(26)36)23-11-8-21(9-12-23)31(38)40-19(2)3/h8-19,27,35H,7H2,1-6H3/b28-26-. The first-order valence-electron chi connectivity index (χ1n) is 13.2. The third kappa shape index (κ3) is 5.61. The second-order valence-electron chi connectivity index (χ2n) is 10.8. The molecule has 208 valence electrons. The number of ketones is 1. The van der Waals surface area contributed by atoms with Gasteiger partial charge in [-0.15, -0.1) is 0 Å². The second kappa shape index (κ2) is 11.3. The molecule has 0 saturated carbocycles. The average molecular weight is 543 g/mol. The highest BCUT2D eigenvalue weighted by molar-refractivity contribution is 6.51. The van der Waals surface area contributed by atoms with Gasteiger partial charge in [0.2, 0.25) is 0 Å². The van der Waals surface area contributed by atoms with Crippen molar-refractivity contribution in [2.24, 2.45) is 0 Å². The van der Waals surface area contributed by atoms with Crippen LogP contribution in [0.25, 0.3) is 5.76 Å². The molecule has 0 radical (unpaired) electrons. The van der Waals surface area contributed by atoms with Crippen LogP contribution in [-0.4, -0.2) is 40.5 Å². The van der Waals surface area contributed by atoms with Crippen molar-refractivity contribution in [3.8, 4) is 5.75 Å². The molecule has 8 nitrogen and oxygen atoms in total. The lowest BCUT2D eigenvalue weighted by atomic mass is 9.84. The van der Waals surface area contributed by atoms with Gasteiger partial charge in [-0.3, -0.25) is 19.5 Å². The zero-order valence-electron chi connectivity index (χ0n) is 23.6. The first-order valence-corrected chi connectivity index (χ1v) is 13.2. The minimum absolute atomic E-state index is 0.0384. The van der Waals surface area contributed by atoms with E-state index in [4.69, 9.17) is 9.47 Å². The Hall–Kier alpha value is -4.46. The van der Waals surface area contributed by atoms with E-state index < -0.39 is 23.7 Å². The molecule has 1 aliphatic rings. The van der Waals surface area contributed by atoms with Crippen molar-refractivity contribution in [1.82, 2.24) is 4.98 Å². The highest BCUT2D eigenvalue weighted by Gasteiger charge is 2.47. The predicted molar refractivity (Wildman–Crippen MR) is 152 cm³/mol. The van der Waals surface area contributed by atoms with Crippen LogP contribution in [0.15, 0.2) is 72.6 Å². The fourth-order valence-electron chi connectivity index (χ4n) is 4.70. The van der Waals surface area contributed by atoms with Gasteiger partial charge in [0.1, 0.15) is 11.5 Å². The van der Waals surface area contributed by atoms with Gasteiger partial charge in [-0.1, -0.05) is 20.8 Å². The maximum absolute atomic E-state index is 13.5. The van der Waals surface area contributed by atoms with Gasteiger partial charge >= 0.3 is 5.97 Å². The number of benzene rings is 2. The first-order chi connectivity index (χ1) is 18.9. The Morgan fingerprint density at radius 2 is 1.62 bits per heavy atom. The van der Waals surface area contributed by atoms with Gasteiger partial charge in [0, 0.05) is 29.2 Å². The summed E-state index contributed by atoms with van der Waals surface area (Å²) in [6, 6.07) is 14.0. The highest BCUT2D eigenvalue weighted by atomic mass is 16.5. The van der Waals surface area contributed by atoms with Gasteiger partial charge in [0.15, 0.2) is 0 Å². The van der Waals surface area contributed by atoms with Gasteiger partial charge in [0.25, 0.3) is 11.7 Å². The van der Waals surface area contributed by atoms with E-state index in [9.17, 15) is 19.5 Å². The van der Waals surface area contributed by atoms with Crippen LogP contribution in [0.3, 0.4) is 0 Å². The number of aliphatic hydroxyl groups is 1. The van der Waals surface area contributed by atoms with Crippen LogP contribution in [0.2, 0.25) is 0 Å². The van der Waals surface area contributed by atoms with Gasteiger partial charge < -0.3 is 14.6 Å². The van der Waals surface area contributed by atoms with Gasteiger partial charge in [-0.25, -0.2) is 4.79 Å². The summed E-state index contributed by atoms with van der Waals surface area (Å²) in [5, 5.41) is 11.6. The Bertz CT molecular complexity index is 1450. The lowest BCUT2D eigenvalue weighted by Gasteiger charge is -2.26. The number of aromatic nitrogens is 1. The van der Waals surface area contributed by atoms with Crippen LogP contribution in [0, 0.1) is 0 Å². The molecule has 1 atom stereocenters. The fourth-order valence-corrected chi connectivity index (χ4v) is 4.70. The SMILES string of the molecule is CCOc1ccc(/C(O)=C2/C(=O)C(=O)N(c3ccc(C(=O)OC(C)C)cc3)C2c2ccncc2)cc1C(C)(C)C. The summed E-state index contributed by atoms with van der Waals surface area (Å²) < 4.78 is 11.1. The molecule has 40 heavy (non-hydrogen) atoms. The number of carbonyl (C=O) groups is 3. The van der Waals surface area contributed by atoms with Gasteiger partial charge in [-0.2, -0.15) is 0 Å². The summed E-state index contributed by atoms with van der Waals surface area (Å²) in [6.45, 7) is 12.0. The number of rotatable bonds is 7. The maximum Gasteiger partial charge on any atom is 0.338 e. The molecule has 0 aliphatic carbocycles. The molecule has 2 aromatic carbocycles. The van der Waals surface area contributed by atoms with Crippen molar-refractivity contribution in [3.05, 3.63) is 94.8 Å². The molecule has 0 bridgehead atoms. The van der Waals surface area contributed by atoms with Crippen molar-refractivity contribution in [1.29, 1.82) is 0 Å². The molecule has 3 aromatic rings. The average Bonchev–Trinajstić information content (AvgIpc) is 3.18. The lowest BCUT2D eigenvalue weighted by Crippen LogP contribution is -2.29. The number of nitrogens with zero attached hydrogens (tertiary/aromatic N) is 2. The number of Topliss-reactive ketones (excluding diaryl/α,β-unsaturated/α-hetero) is 1. The maximum atomic E-state index is 13.5. The number of pyridine rings is 1. The number of carbonyl (C=O) groups excluding carboxylic acids is 3. The zero-order valence-corrected chi connectivity index (χ0v) is 23.6. The summed E-state index contributed by atoms with van der Waals surface area (Å²) >= 11 is 0. The van der Waals surface area contributed by atoms with Crippen molar-refractivity contribution in [2.75, 3.05) is 11.5 Å². The van der Waals surface area contributed by atoms with Crippen LogP contribution < -0.4 is 9.64 Å². The third-order valence-corrected chi connectivity index (χ3v) is 6.55. The van der Waals surface area contributed by atoms with Crippen LogP contribution in [0.4, 0.5) is 5.69 Å². The first kappa shape index (κ1) is 28.5. The molecule has 1 aliphatic heterocycles. The largest absolute Gasteiger partial charge is 0.507 e. The van der Waals surface area contributed by atoms with E-state index in [0.29, 0.717) is 34.7 Å². The number of amides is 1. The summed E-state index contributed by atoms with van der Waals surface area (Å²) in [7, 11) is 0. The minimum atomic E-state index is -0.916. The number of hydrogen-bond acceptors (Lipinski definition) is 7. The summed E-state index contributed by atoms with van der Waals surface area (Å²) in [6.07, 6.45) is 2.85. The fraction of sp³-hybridized carbons (Fsp3) is 0.312. The Balaban J connectivity index is 1.85. The lowest BCUT2D eigenvalue weighted by molar-refractivity contribution is -0.132. The molecule has 4 rings (SSSR count). The van der Waals surface area contributed by atoms with E-state index in [2.05, 4.69) is 4.98 Å². The second-order valence-corrected chi connectivity index (χ2v) is 10.8. The molecule has 1 saturated heterocycles. The third-order valence-electron chi connectivity index (χ3n) is 6.55. The van der Waals surface area contributed by atoms with E-state index >= 15 is 0 Å². The topological polar surface area (TPSA) is 106 Å². The number of esters is 1. The van der Waals surface area contributed by atoms with E-state index in [1.807, 2.05) is 27.7 Å². The molecular formula is C32H34N2O6. The van der Waals surface area contributed by atoms with Crippen LogP contribution in [0.5, 0.6) is 5.75 Å². The van der Waals surface area contributed by atoms with Crippen LogP contribution in [-0.2, 0) is 19.7 Å². The normalized spacial score (nSPS) is 16.9. The quantitative estimate of drug-likeness (QED) is 0.170. The number of aliphatic hydroxyl groups excluding tert-OH is 1. The molecule has 0 spiro atoms. The molecule has 1 amide bonds. The Morgan fingerprint density at radius 3 is 2.20 bits per heavy atom. The summed E-state index contributed by atoms with van der Waals surface area (Å²) in [4.78, 5) is 44.7. The highest BCUT2D eigenvalue weighted by Crippen LogP contribution is 2.43. The molecule has 1 aromatic heterocycles. The Kier molecular flexibility index (Phi) is 8.09. The number of anilines is 1. The van der Waals surface area contributed by atoms with Crippen LogP contribution >= 0.6 is 0 Å². The molecular weight excluding hydrogens is 508 g/mol. The van der Waals surface area contributed by atoms with Crippen molar-refractivity contribution in [2.45, 2.75) is 59.1 Å². The molecule has 1 fully saturated rings. The van der Waals surface area contributed by atoms with Gasteiger partial charge in [0.05, 0.1) is 29.9 Å². The van der Waals surface area contributed by atoms with E-state index in [0.717, 1.165) is 5.56 Å². The smallest absolute Gasteiger partial charge is 0.338 e. The Labute approximate surface area is 234 Å². The van der Waals surface area contributed by atoms with Crippen molar-refractivity contribution >= 4 is 29.1 Å². The van der Waals surface area contributed by atoms with E-state index in [1.54, 1.807) is 80.8 Å². The Morgan fingerprint density at radius 1 is 1.00 bits per heavy atom. The van der Waals surface area contributed by atoms with Crippen molar-refractivity contribution < 1.29 is 29.0 Å². The van der Waals surface area contributed by atoms with E-state index in [1.165, 1.54) is 4.90 Å². The zero-order chi connectivity index (χ0) is 29.2. The number of hydrogen-bond donors (Lipinski definition) is 1. The monoisotopic (exact) mass is 542 g/mol. The number of ether oxygens (including phenoxy) is 2. The summed E-state index contributed by atoms with van der Waals surface area (Å²) in [5.41, 5.74) is 2.22. The van der Waals surface area contributed by atoms with Gasteiger partial charge in [-0.05, 0) is 86.3 Å². The van der Waals surface area contributed by atoms with Crippen LogP contribution in [0.1, 0.15) is 74.6 Å². The van der Waals surface area contributed by atoms with E-state index in [-0.39, 0.29) is 22.9 Å². The minimum Gasteiger partial charge on any atom is -0.507 e. The molecule has 1 unspecified atom stereocenters. The summed E-state index contributed by atoms with van der Waals surface area (Å²) in [5.74, 6) is -1.68. The predicted octanol–water partition coefficient (Wildman–Crippen LogP) is 5.97. The molecule has 2 heterocycles. The van der Waals surface area contributed by atoms with Crippen molar-refractivity contribution in [3.63, 3.8) is 0 Å². The molecule has 1 N–H and O–H groups in total.